The van der Waals surface area contributed by atoms with Gasteiger partial charge in [0.15, 0.2) is 0 Å². The lowest BCUT2D eigenvalue weighted by molar-refractivity contribution is -0.134. The summed E-state index contributed by atoms with van der Waals surface area (Å²) in [5.41, 5.74) is 3.25. The minimum absolute atomic E-state index is 0. The summed E-state index contributed by atoms with van der Waals surface area (Å²) >= 11 is 0. The molecule has 0 radical (unpaired) electrons. The van der Waals surface area contributed by atoms with E-state index in [0.29, 0.717) is 23.2 Å². The molecular formula is C20H29ClN2O. The molecule has 1 aromatic rings. The Labute approximate surface area is 151 Å². The lowest BCUT2D eigenvalue weighted by Crippen LogP contribution is -2.40. The molecule has 1 aliphatic carbocycles. The number of hydrogen-bond acceptors (Lipinski definition) is 2. The Balaban J connectivity index is 0.00000169. The van der Waals surface area contributed by atoms with Crippen LogP contribution in [0, 0.1) is 18.3 Å². The predicted octanol–water partition coefficient (Wildman–Crippen LogP) is 3.51. The number of rotatable bonds is 2. The molecule has 1 N–H and O–H groups in total. The van der Waals surface area contributed by atoms with Crippen molar-refractivity contribution in [3.05, 3.63) is 35.4 Å². The zero-order valence-electron chi connectivity index (χ0n) is 14.6. The van der Waals surface area contributed by atoms with Crippen molar-refractivity contribution in [3.63, 3.8) is 0 Å². The Morgan fingerprint density at radius 3 is 2.50 bits per heavy atom. The normalized spacial score (nSPS) is 26.0. The number of benzene rings is 1. The van der Waals surface area contributed by atoms with E-state index in [4.69, 9.17) is 0 Å². The molecule has 1 unspecified atom stereocenters. The van der Waals surface area contributed by atoms with Gasteiger partial charge in [-0.1, -0.05) is 24.3 Å². The van der Waals surface area contributed by atoms with E-state index in [-0.39, 0.29) is 12.4 Å². The second-order valence-corrected chi connectivity index (χ2v) is 7.83. The van der Waals surface area contributed by atoms with Gasteiger partial charge < -0.3 is 10.2 Å². The van der Waals surface area contributed by atoms with Gasteiger partial charge in [0.1, 0.15) is 0 Å². The molecule has 1 amide bonds. The fraction of sp³-hybridized carbons (Fsp3) is 0.650. The largest absolute Gasteiger partial charge is 0.342 e. The van der Waals surface area contributed by atoms with Gasteiger partial charge in [0.25, 0.3) is 0 Å². The number of carbonyl (C=O) groups excluding carboxylic acids is 1. The smallest absolute Gasteiger partial charge is 0.226 e. The monoisotopic (exact) mass is 348 g/mol. The van der Waals surface area contributed by atoms with Crippen LogP contribution in [0.15, 0.2) is 24.3 Å². The average molecular weight is 349 g/mol. The molecule has 3 fully saturated rings. The zero-order chi connectivity index (χ0) is 15.9. The SMILES string of the molecule is Cc1ccccc1C1CCN(C(=O)C2CC23CCNCC3)CC1.Cl. The Hall–Kier alpha value is -1.06. The van der Waals surface area contributed by atoms with Crippen molar-refractivity contribution in [2.24, 2.45) is 11.3 Å². The summed E-state index contributed by atoms with van der Waals surface area (Å²) in [4.78, 5) is 15.0. The van der Waals surface area contributed by atoms with E-state index >= 15 is 0 Å². The van der Waals surface area contributed by atoms with Crippen LogP contribution in [0.3, 0.4) is 0 Å². The average Bonchev–Trinajstić information content (AvgIpc) is 3.28. The first-order valence-corrected chi connectivity index (χ1v) is 9.25. The van der Waals surface area contributed by atoms with Gasteiger partial charge in [-0.3, -0.25) is 4.79 Å². The molecule has 3 aliphatic rings. The van der Waals surface area contributed by atoms with E-state index in [1.165, 1.54) is 24.0 Å². The van der Waals surface area contributed by atoms with Gasteiger partial charge in [-0.2, -0.15) is 0 Å². The second-order valence-electron chi connectivity index (χ2n) is 7.83. The molecule has 0 aromatic heterocycles. The predicted molar refractivity (Wildman–Crippen MR) is 99.6 cm³/mol. The van der Waals surface area contributed by atoms with Crippen LogP contribution in [0.4, 0.5) is 0 Å². The number of nitrogens with zero attached hydrogens (tertiary/aromatic N) is 1. The summed E-state index contributed by atoms with van der Waals surface area (Å²) in [6, 6.07) is 8.73. The number of carbonyl (C=O) groups is 1. The van der Waals surface area contributed by atoms with Crippen LogP contribution in [-0.2, 0) is 4.79 Å². The molecule has 4 rings (SSSR count). The molecule has 1 saturated carbocycles. The minimum Gasteiger partial charge on any atom is -0.342 e. The maximum atomic E-state index is 12.8. The standard InChI is InChI=1S/C20H28N2O.ClH/c1-15-4-2-3-5-17(15)16-6-12-22(13-7-16)19(23)18-14-20(18)8-10-21-11-9-20;/h2-5,16,18,21H,6-14H2,1H3;1H. The van der Waals surface area contributed by atoms with Gasteiger partial charge in [0.2, 0.25) is 5.91 Å². The summed E-state index contributed by atoms with van der Waals surface area (Å²) in [5, 5.41) is 3.42. The van der Waals surface area contributed by atoms with Gasteiger partial charge in [-0.15, -0.1) is 12.4 Å². The number of nitrogens with one attached hydrogen (secondary N) is 1. The summed E-state index contributed by atoms with van der Waals surface area (Å²) in [6.45, 7) is 6.29. The molecule has 1 atom stereocenters. The van der Waals surface area contributed by atoms with Crippen molar-refractivity contribution < 1.29 is 4.79 Å². The van der Waals surface area contributed by atoms with Crippen molar-refractivity contribution >= 4 is 18.3 Å². The van der Waals surface area contributed by atoms with Gasteiger partial charge >= 0.3 is 0 Å². The molecule has 2 saturated heterocycles. The van der Waals surface area contributed by atoms with Gasteiger partial charge in [0.05, 0.1) is 0 Å². The number of halogens is 1. The van der Waals surface area contributed by atoms with Crippen LogP contribution in [0.5, 0.6) is 0 Å². The van der Waals surface area contributed by atoms with Crippen LogP contribution < -0.4 is 5.32 Å². The summed E-state index contributed by atoms with van der Waals surface area (Å²) in [5.74, 6) is 1.42. The van der Waals surface area contributed by atoms with Crippen LogP contribution in [0.2, 0.25) is 0 Å². The van der Waals surface area contributed by atoms with E-state index in [1.807, 2.05) is 0 Å². The Kier molecular flexibility index (Phi) is 5.22. The summed E-state index contributed by atoms with van der Waals surface area (Å²) in [6.07, 6.45) is 5.78. The molecular weight excluding hydrogens is 320 g/mol. The van der Waals surface area contributed by atoms with Crippen LogP contribution in [0.25, 0.3) is 0 Å². The number of hydrogen-bond donors (Lipinski definition) is 1. The fourth-order valence-corrected chi connectivity index (χ4v) is 4.85. The third-order valence-electron chi connectivity index (χ3n) is 6.52. The van der Waals surface area contributed by atoms with Crippen molar-refractivity contribution in [1.82, 2.24) is 10.2 Å². The van der Waals surface area contributed by atoms with E-state index in [1.54, 1.807) is 0 Å². The molecule has 132 valence electrons. The quantitative estimate of drug-likeness (QED) is 0.887. The van der Waals surface area contributed by atoms with Crippen LogP contribution in [-0.4, -0.2) is 37.0 Å². The molecule has 2 aliphatic heterocycles. The maximum Gasteiger partial charge on any atom is 0.226 e. The number of piperidine rings is 2. The summed E-state index contributed by atoms with van der Waals surface area (Å²) < 4.78 is 0. The van der Waals surface area contributed by atoms with Crippen LogP contribution in [0.1, 0.15) is 49.1 Å². The fourth-order valence-electron chi connectivity index (χ4n) is 4.85. The minimum atomic E-state index is 0. The van der Waals surface area contributed by atoms with Crippen molar-refractivity contribution in [2.75, 3.05) is 26.2 Å². The highest BCUT2D eigenvalue weighted by Crippen LogP contribution is 2.59. The first-order chi connectivity index (χ1) is 11.2. The molecule has 1 spiro atoms. The van der Waals surface area contributed by atoms with E-state index in [2.05, 4.69) is 41.4 Å². The zero-order valence-corrected chi connectivity index (χ0v) is 15.4. The second kappa shape index (κ2) is 7.05. The van der Waals surface area contributed by atoms with Gasteiger partial charge in [-0.05, 0) is 74.6 Å². The number of aryl methyl sites for hydroxylation is 1. The molecule has 3 nitrogen and oxygen atoms in total. The Morgan fingerprint density at radius 2 is 1.83 bits per heavy atom. The molecule has 0 bridgehead atoms. The number of amides is 1. The lowest BCUT2D eigenvalue weighted by Gasteiger charge is -2.34. The van der Waals surface area contributed by atoms with E-state index in [0.717, 1.165) is 45.4 Å². The van der Waals surface area contributed by atoms with E-state index < -0.39 is 0 Å². The summed E-state index contributed by atoms with van der Waals surface area (Å²) in [7, 11) is 0. The van der Waals surface area contributed by atoms with Gasteiger partial charge in [0, 0.05) is 19.0 Å². The topological polar surface area (TPSA) is 32.3 Å². The Morgan fingerprint density at radius 1 is 1.17 bits per heavy atom. The van der Waals surface area contributed by atoms with Crippen molar-refractivity contribution in [3.8, 4) is 0 Å². The highest BCUT2D eigenvalue weighted by atomic mass is 35.5. The molecule has 2 heterocycles. The van der Waals surface area contributed by atoms with Crippen molar-refractivity contribution in [2.45, 2.75) is 44.9 Å². The highest BCUT2D eigenvalue weighted by Gasteiger charge is 2.58. The first kappa shape index (κ1) is 17.8. The highest BCUT2D eigenvalue weighted by molar-refractivity contribution is 5.85. The Bertz CT molecular complexity index is 589. The molecule has 4 heteroatoms. The maximum absolute atomic E-state index is 12.8. The lowest BCUT2D eigenvalue weighted by atomic mass is 9.86. The number of likely N-dealkylation sites (tertiary alicyclic amines) is 1. The van der Waals surface area contributed by atoms with Gasteiger partial charge in [-0.25, -0.2) is 0 Å². The third-order valence-corrected chi connectivity index (χ3v) is 6.52. The van der Waals surface area contributed by atoms with Crippen molar-refractivity contribution in [1.29, 1.82) is 0 Å². The third kappa shape index (κ3) is 3.21. The molecule has 24 heavy (non-hydrogen) atoms. The van der Waals surface area contributed by atoms with E-state index in [9.17, 15) is 4.79 Å². The first-order valence-electron chi connectivity index (χ1n) is 9.25. The van der Waals surface area contributed by atoms with Crippen LogP contribution >= 0.6 is 12.4 Å². The molecule has 1 aromatic carbocycles.